The first-order valence-electron chi connectivity index (χ1n) is 10.7. The molecular weight excluding hydrogens is 406 g/mol. The zero-order valence-corrected chi connectivity index (χ0v) is 18.9. The maximum Gasteiger partial charge on any atom is 0.234 e. The van der Waals surface area contributed by atoms with Crippen molar-refractivity contribution in [2.45, 2.75) is 51.0 Å². The summed E-state index contributed by atoms with van der Waals surface area (Å²) >= 11 is 1.38. The fraction of sp³-hybridized carbons (Fsp3) is 0.333. The van der Waals surface area contributed by atoms with Crippen LogP contribution in [0.1, 0.15) is 50.9 Å². The number of nitrogens with zero attached hydrogens (tertiary/aromatic N) is 4. The number of rotatable bonds is 8. The highest BCUT2D eigenvalue weighted by Gasteiger charge is 2.18. The fourth-order valence-electron chi connectivity index (χ4n) is 3.52. The van der Waals surface area contributed by atoms with Gasteiger partial charge in [-0.05, 0) is 42.7 Å². The second-order valence-electron chi connectivity index (χ2n) is 7.91. The Morgan fingerprint density at radius 1 is 1.10 bits per heavy atom. The highest BCUT2D eigenvalue weighted by Crippen LogP contribution is 2.27. The van der Waals surface area contributed by atoms with Gasteiger partial charge in [0, 0.05) is 11.6 Å². The summed E-state index contributed by atoms with van der Waals surface area (Å²) in [4.78, 5) is 17.3. The number of hydrogen-bond acceptors (Lipinski definition) is 5. The standard InChI is InChI=1S/C24H27N5OS/c1-4-5-8-17-11-13-18(14-12-17)25-21(30)15-31-24-23-28-27-22(16(2)3)29(23)20-10-7-6-9-19(20)26-24/h6-7,9-14,16H,4-5,8,15H2,1-3H3,(H,25,30). The van der Waals surface area contributed by atoms with E-state index in [2.05, 4.69) is 52.8 Å². The van der Waals surface area contributed by atoms with Crippen molar-refractivity contribution in [3.8, 4) is 0 Å². The van der Waals surface area contributed by atoms with Crippen molar-refractivity contribution in [2.24, 2.45) is 0 Å². The smallest absolute Gasteiger partial charge is 0.234 e. The number of fused-ring (bicyclic) bond motifs is 3. The molecule has 2 aromatic carbocycles. The summed E-state index contributed by atoms with van der Waals surface area (Å²) in [5, 5.41) is 12.5. The molecule has 31 heavy (non-hydrogen) atoms. The van der Waals surface area contributed by atoms with Crippen LogP contribution in [0.2, 0.25) is 0 Å². The van der Waals surface area contributed by atoms with Crippen LogP contribution in [0.25, 0.3) is 16.7 Å². The van der Waals surface area contributed by atoms with E-state index in [0.29, 0.717) is 10.7 Å². The predicted octanol–water partition coefficient (Wildman–Crippen LogP) is 5.47. The van der Waals surface area contributed by atoms with E-state index in [1.165, 1.54) is 30.2 Å². The van der Waals surface area contributed by atoms with Gasteiger partial charge >= 0.3 is 0 Å². The van der Waals surface area contributed by atoms with E-state index in [1.807, 2.05) is 36.4 Å². The van der Waals surface area contributed by atoms with Crippen LogP contribution in [-0.4, -0.2) is 31.2 Å². The number of unbranched alkanes of at least 4 members (excludes halogenated alkanes) is 1. The van der Waals surface area contributed by atoms with Gasteiger partial charge in [-0.25, -0.2) is 4.98 Å². The molecule has 4 aromatic rings. The van der Waals surface area contributed by atoms with Gasteiger partial charge in [-0.2, -0.15) is 0 Å². The lowest BCUT2D eigenvalue weighted by Crippen LogP contribution is -2.14. The van der Waals surface area contributed by atoms with Crippen LogP contribution in [0.3, 0.4) is 0 Å². The van der Waals surface area contributed by atoms with Crippen molar-refractivity contribution in [1.29, 1.82) is 0 Å². The van der Waals surface area contributed by atoms with Gasteiger partial charge in [0.25, 0.3) is 0 Å². The van der Waals surface area contributed by atoms with E-state index in [-0.39, 0.29) is 17.6 Å². The largest absolute Gasteiger partial charge is 0.325 e. The van der Waals surface area contributed by atoms with Gasteiger partial charge in [-0.15, -0.1) is 10.2 Å². The zero-order valence-electron chi connectivity index (χ0n) is 18.1. The molecule has 1 N–H and O–H groups in total. The number of thioether (sulfide) groups is 1. The quantitative estimate of drug-likeness (QED) is 0.373. The minimum absolute atomic E-state index is 0.0667. The Bertz CT molecular complexity index is 1200. The molecule has 2 aromatic heterocycles. The molecule has 0 fully saturated rings. The molecule has 0 spiro atoms. The Labute approximate surface area is 186 Å². The molecule has 0 saturated heterocycles. The van der Waals surface area contributed by atoms with E-state index in [9.17, 15) is 4.79 Å². The number of hydrogen-bond donors (Lipinski definition) is 1. The first-order chi connectivity index (χ1) is 15.1. The van der Waals surface area contributed by atoms with Crippen molar-refractivity contribution in [3.05, 3.63) is 59.9 Å². The lowest BCUT2D eigenvalue weighted by Gasteiger charge is -2.10. The first-order valence-corrected chi connectivity index (χ1v) is 11.7. The molecule has 0 radical (unpaired) electrons. The zero-order chi connectivity index (χ0) is 21.8. The molecular formula is C24H27N5OS. The van der Waals surface area contributed by atoms with Gasteiger partial charge in [-0.3, -0.25) is 9.20 Å². The molecule has 6 nitrogen and oxygen atoms in total. The third-order valence-electron chi connectivity index (χ3n) is 5.14. The molecule has 0 bridgehead atoms. The van der Waals surface area contributed by atoms with Crippen molar-refractivity contribution >= 4 is 40.0 Å². The van der Waals surface area contributed by atoms with Crippen molar-refractivity contribution in [2.75, 3.05) is 11.1 Å². The second-order valence-corrected chi connectivity index (χ2v) is 8.88. The number of carbonyl (C=O) groups is 1. The van der Waals surface area contributed by atoms with E-state index >= 15 is 0 Å². The molecule has 0 aliphatic heterocycles. The van der Waals surface area contributed by atoms with Crippen molar-refractivity contribution in [3.63, 3.8) is 0 Å². The van der Waals surface area contributed by atoms with Crippen LogP contribution in [0.5, 0.6) is 0 Å². The van der Waals surface area contributed by atoms with Crippen LogP contribution < -0.4 is 5.32 Å². The molecule has 7 heteroatoms. The molecule has 0 unspecified atom stereocenters. The third-order valence-corrected chi connectivity index (χ3v) is 6.09. The van der Waals surface area contributed by atoms with E-state index < -0.39 is 0 Å². The number of para-hydroxylation sites is 2. The van der Waals surface area contributed by atoms with Gasteiger partial charge in [0.2, 0.25) is 5.91 Å². The Morgan fingerprint density at radius 3 is 2.61 bits per heavy atom. The summed E-state index contributed by atoms with van der Waals surface area (Å²) in [5.41, 5.74) is 4.64. The fourth-order valence-corrected chi connectivity index (χ4v) is 4.28. The summed E-state index contributed by atoms with van der Waals surface area (Å²) in [7, 11) is 0. The Balaban J connectivity index is 1.51. The highest BCUT2D eigenvalue weighted by atomic mass is 32.2. The lowest BCUT2D eigenvalue weighted by molar-refractivity contribution is -0.113. The maximum atomic E-state index is 12.6. The number of aryl methyl sites for hydroxylation is 1. The van der Waals surface area contributed by atoms with Crippen LogP contribution in [0, 0.1) is 0 Å². The highest BCUT2D eigenvalue weighted by molar-refractivity contribution is 8.00. The monoisotopic (exact) mass is 433 g/mol. The number of benzene rings is 2. The normalized spacial score (nSPS) is 11.5. The molecule has 1 amide bonds. The van der Waals surface area contributed by atoms with Gasteiger partial charge in [0.05, 0.1) is 16.8 Å². The second kappa shape index (κ2) is 9.47. The maximum absolute atomic E-state index is 12.6. The van der Waals surface area contributed by atoms with Crippen LogP contribution >= 0.6 is 11.8 Å². The van der Waals surface area contributed by atoms with Crippen molar-refractivity contribution in [1.82, 2.24) is 19.6 Å². The minimum atomic E-state index is -0.0667. The number of carbonyl (C=O) groups excluding carboxylic acids is 1. The van der Waals surface area contributed by atoms with Crippen LogP contribution in [-0.2, 0) is 11.2 Å². The predicted molar refractivity (Wildman–Crippen MR) is 127 cm³/mol. The minimum Gasteiger partial charge on any atom is -0.325 e. The topological polar surface area (TPSA) is 72.2 Å². The average Bonchev–Trinajstić information content (AvgIpc) is 3.23. The van der Waals surface area contributed by atoms with Gasteiger partial charge in [0.15, 0.2) is 5.65 Å². The summed E-state index contributed by atoms with van der Waals surface area (Å²) in [6, 6.07) is 16.0. The lowest BCUT2D eigenvalue weighted by atomic mass is 10.1. The Morgan fingerprint density at radius 2 is 1.87 bits per heavy atom. The summed E-state index contributed by atoms with van der Waals surface area (Å²) in [6.07, 6.45) is 3.42. The van der Waals surface area contributed by atoms with Crippen LogP contribution in [0.15, 0.2) is 53.6 Å². The van der Waals surface area contributed by atoms with E-state index in [1.54, 1.807) is 0 Å². The summed E-state index contributed by atoms with van der Waals surface area (Å²) in [5.74, 6) is 1.30. The van der Waals surface area contributed by atoms with Gasteiger partial charge < -0.3 is 5.32 Å². The number of aromatic nitrogens is 4. The summed E-state index contributed by atoms with van der Waals surface area (Å²) < 4.78 is 2.06. The summed E-state index contributed by atoms with van der Waals surface area (Å²) in [6.45, 7) is 6.38. The first kappa shape index (κ1) is 21.3. The molecule has 2 heterocycles. The SMILES string of the molecule is CCCCc1ccc(NC(=O)CSc2nc3ccccc3n3c(C(C)C)nnc23)cc1. The van der Waals surface area contributed by atoms with Gasteiger partial charge in [0.1, 0.15) is 10.9 Å². The molecule has 0 saturated carbocycles. The Hall–Kier alpha value is -2.93. The number of anilines is 1. The number of amides is 1. The number of nitrogens with one attached hydrogen (secondary N) is 1. The molecule has 160 valence electrons. The van der Waals surface area contributed by atoms with Crippen LogP contribution in [0.4, 0.5) is 5.69 Å². The molecule has 4 rings (SSSR count). The van der Waals surface area contributed by atoms with E-state index in [0.717, 1.165) is 29.0 Å². The molecule has 0 aliphatic carbocycles. The molecule has 0 aliphatic rings. The third kappa shape index (κ3) is 4.71. The molecule has 0 atom stereocenters. The average molecular weight is 434 g/mol. The van der Waals surface area contributed by atoms with Crippen molar-refractivity contribution < 1.29 is 4.79 Å². The van der Waals surface area contributed by atoms with Gasteiger partial charge in [-0.1, -0.05) is 63.2 Å². The Kier molecular flexibility index (Phi) is 6.51. The van der Waals surface area contributed by atoms with E-state index in [4.69, 9.17) is 4.98 Å².